The van der Waals surface area contributed by atoms with Crippen molar-refractivity contribution in [3.63, 3.8) is 0 Å². The average molecular weight is 530 g/mol. The van der Waals surface area contributed by atoms with Crippen LogP contribution in [-0.4, -0.2) is 53.0 Å². The molecule has 2 aromatic rings. The number of hydrogen-bond donors (Lipinski definition) is 2. The van der Waals surface area contributed by atoms with Gasteiger partial charge in [-0.15, -0.1) is 0 Å². The number of hydrogen-bond acceptors (Lipinski definition) is 6. The molecule has 0 spiro atoms. The number of likely N-dealkylation sites (N-methyl/N-ethyl adjacent to an activating group) is 1. The zero-order chi connectivity index (χ0) is 28.8. The molecule has 2 rings (SSSR count). The summed E-state index contributed by atoms with van der Waals surface area (Å²) in [6.07, 6.45) is 0.0803. The second-order valence-corrected chi connectivity index (χ2v) is 11.5. The van der Waals surface area contributed by atoms with Crippen molar-refractivity contribution in [1.29, 1.82) is 0 Å². The first-order valence-electron chi connectivity index (χ1n) is 13.0. The van der Waals surface area contributed by atoms with Crippen LogP contribution in [0.2, 0.25) is 0 Å². The van der Waals surface area contributed by atoms with E-state index < -0.39 is 17.2 Å². The van der Waals surface area contributed by atoms with E-state index in [1.54, 1.807) is 0 Å². The van der Waals surface area contributed by atoms with Crippen LogP contribution in [0.3, 0.4) is 0 Å². The molecule has 0 bridgehead atoms. The second-order valence-electron chi connectivity index (χ2n) is 11.5. The van der Waals surface area contributed by atoms with Gasteiger partial charge in [0.25, 0.3) is 5.56 Å². The number of nitrogen functional groups attached to an aromatic ring is 1. The predicted molar refractivity (Wildman–Crippen MR) is 151 cm³/mol. The van der Waals surface area contributed by atoms with Gasteiger partial charge in [-0.1, -0.05) is 60.6 Å². The van der Waals surface area contributed by atoms with E-state index >= 15 is 0 Å². The zero-order valence-corrected chi connectivity index (χ0v) is 24.0. The normalized spacial score (nSPS) is 11.6. The number of ether oxygens (including phenoxy) is 1. The number of anilines is 2. The Balaban J connectivity index is 2.12. The number of amides is 2. The van der Waals surface area contributed by atoms with Crippen LogP contribution in [0.15, 0.2) is 33.9 Å². The lowest BCUT2D eigenvalue weighted by Gasteiger charge is -2.28. The van der Waals surface area contributed by atoms with Gasteiger partial charge in [0.1, 0.15) is 11.6 Å². The third-order valence-corrected chi connectivity index (χ3v) is 5.98. The summed E-state index contributed by atoms with van der Waals surface area (Å²) in [5, 5.41) is 0. The Labute approximate surface area is 224 Å². The first-order chi connectivity index (χ1) is 17.6. The molecular formula is C28H43N5O5. The van der Waals surface area contributed by atoms with Gasteiger partial charge in [-0.3, -0.25) is 23.9 Å². The molecule has 38 heavy (non-hydrogen) atoms. The van der Waals surface area contributed by atoms with Gasteiger partial charge in [0.15, 0.2) is 5.69 Å². The van der Waals surface area contributed by atoms with E-state index in [-0.39, 0.29) is 67.3 Å². The molecule has 0 aliphatic carbocycles. The average Bonchev–Trinajstić information content (AvgIpc) is 2.80. The van der Waals surface area contributed by atoms with Gasteiger partial charge < -0.3 is 20.3 Å². The Hall–Kier alpha value is -3.56. The molecule has 0 fully saturated rings. The smallest absolute Gasteiger partial charge is 0.330 e. The first-order valence-corrected chi connectivity index (χ1v) is 13.0. The van der Waals surface area contributed by atoms with E-state index in [4.69, 9.17) is 10.5 Å². The SMILES string of the molecule is CC(C)CN(C(=O)CN(C)C(=O)CCOc1ccc(C(C)(C)C)cc1)c1c(N)n(CC(C)C)c(=O)[nH]c1=O. The van der Waals surface area contributed by atoms with Crippen LogP contribution in [0.1, 0.15) is 60.5 Å². The molecule has 10 nitrogen and oxygen atoms in total. The Morgan fingerprint density at radius 3 is 2.16 bits per heavy atom. The maximum atomic E-state index is 13.3. The van der Waals surface area contributed by atoms with E-state index in [9.17, 15) is 19.2 Å². The number of aromatic amines is 1. The molecule has 1 heterocycles. The largest absolute Gasteiger partial charge is 0.493 e. The fraction of sp³-hybridized carbons (Fsp3) is 0.571. The summed E-state index contributed by atoms with van der Waals surface area (Å²) >= 11 is 0. The summed E-state index contributed by atoms with van der Waals surface area (Å²) in [7, 11) is 1.53. The molecular weight excluding hydrogens is 486 g/mol. The minimum atomic E-state index is -0.735. The van der Waals surface area contributed by atoms with Crippen LogP contribution in [0, 0.1) is 11.8 Å². The number of rotatable bonds is 11. The van der Waals surface area contributed by atoms with E-state index in [0.717, 1.165) is 0 Å². The molecule has 0 saturated carbocycles. The molecule has 1 aromatic heterocycles. The Kier molecular flexibility index (Phi) is 10.3. The Bertz CT molecular complexity index is 1220. The van der Waals surface area contributed by atoms with Gasteiger partial charge in [0.05, 0.1) is 19.6 Å². The summed E-state index contributed by atoms with van der Waals surface area (Å²) in [6, 6.07) is 7.76. The molecule has 2 amide bonds. The molecule has 210 valence electrons. The first kappa shape index (κ1) is 30.7. The second kappa shape index (κ2) is 12.8. The maximum absolute atomic E-state index is 13.3. The quantitative estimate of drug-likeness (QED) is 0.460. The number of H-pyrrole nitrogens is 1. The molecule has 0 aliphatic rings. The van der Waals surface area contributed by atoms with Crippen LogP contribution in [0.25, 0.3) is 0 Å². The van der Waals surface area contributed by atoms with Gasteiger partial charge in [0, 0.05) is 20.1 Å². The monoisotopic (exact) mass is 529 g/mol. The van der Waals surface area contributed by atoms with Crippen molar-refractivity contribution in [2.24, 2.45) is 11.8 Å². The fourth-order valence-corrected chi connectivity index (χ4v) is 3.94. The van der Waals surface area contributed by atoms with Gasteiger partial charge >= 0.3 is 5.69 Å². The molecule has 3 N–H and O–H groups in total. The van der Waals surface area contributed by atoms with Gasteiger partial charge in [0.2, 0.25) is 11.8 Å². The lowest BCUT2D eigenvalue weighted by molar-refractivity contribution is -0.134. The van der Waals surface area contributed by atoms with Crippen LogP contribution in [-0.2, 0) is 21.5 Å². The minimum Gasteiger partial charge on any atom is -0.493 e. The zero-order valence-electron chi connectivity index (χ0n) is 24.0. The number of benzene rings is 1. The highest BCUT2D eigenvalue weighted by Crippen LogP contribution is 2.24. The summed E-state index contributed by atoms with van der Waals surface area (Å²) in [4.78, 5) is 56.0. The molecule has 1 aromatic carbocycles. The van der Waals surface area contributed by atoms with E-state index in [0.29, 0.717) is 5.75 Å². The predicted octanol–water partition coefficient (Wildman–Crippen LogP) is 2.99. The number of carbonyl (C=O) groups is 2. The molecule has 0 unspecified atom stereocenters. The Morgan fingerprint density at radius 1 is 1.03 bits per heavy atom. The minimum absolute atomic E-state index is 0.00214. The van der Waals surface area contributed by atoms with Crippen molar-refractivity contribution in [2.45, 2.75) is 66.8 Å². The third-order valence-electron chi connectivity index (χ3n) is 5.98. The number of nitrogens with zero attached hydrogens (tertiary/aromatic N) is 3. The molecule has 0 radical (unpaired) electrons. The van der Waals surface area contributed by atoms with E-state index in [2.05, 4.69) is 25.8 Å². The number of aromatic nitrogens is 2. The number of nitrogens with one attached hydrogen (secondary N) is 1. The van der Waals surface area contributed by atoms with Crippen molar-refractivity contribution < 1.29 is 14.3 Å². The fourth-order valence-electron chi connectivity index (χ4n) is 3.94. The lowest BCUT2D eigenvalue weighted by Crippen LogP contribution is -2.47. The van der Waals surface area contributed by atoms with E-state index in [1.807, 2.05) is 52.0 Å². The number of nitrogens with two attached hydrogens (primary N) is 1. The van der Waals surface area contributed by atoms with Crippen molar-refractivity contribution >= 4 is 23.3 Å². The van der Waals surface area contributed by atoms with Crippen molar-refractivity contribution in [3.05, 3.63) is 50.7 Å². The standard InChI is InChI=1S/C28H43N5O5/c1-18(2)15-32(24-25(29)33(16-19(3)4)27(37)30-26(24)36)23(35)17-31(8)22(34)13-14-38-21-11-9-20(10-12-21)28(5,6)7/h9-12,18-19H,13-17,29H2,1-8H3,(H,30,36,37). The summed E-state index contributed by atoms with van der Waals surface area (Å²) in [5.74, 6) is -0.0612. The van der Waals surface area contributed by atoms with Gasteiger partial charge in [-0.2, -0.15) is 0 Å². The van der Waals surface area contributed by atoms with Crippen LogP contribution >= 0.6 is 0 Å². The lowest BCUT2D eigenvalue weighted by atomic mass is 9.87. The summed E-state index contributed by atoms with van der Waals surface area (Å²) in [5.41, 5.74) is 6.03. The highest BCUT2D eigenvalue weighted by molar-refractivity contribution is 5.98. The Morgan fingerprint density at radius 2 is 1.63 bits per heavy atom. The molecule has 0 saturated heterocycles. The van der Waals surface area contributed by atoms with Crippen LogP contribution < -0.4 is 26.6 Å². The summed E-state index contributed by atoms with van der Waals surface area (Å²) in [6.45, 7) is 14.4. The van der Waals surface area contributed by atoms with Gasteiger partial charge in [-0.05, 0) is 34.9 Å². The molecule has 10 heteroatoms. The van der Waals surface area contributed by atoms with E-state index in [1.165, 1.54) is 27.0 Å². The van der Waals surface area contributed by atoms with Gasteiger partial charge in [-0.25, -0.2) is 4.79 Å². The van der Waals surface area contributed by atoms with Crippen molar-refractivity contribution in [1.82, 2.24) is 14.5 Å². The highest BCUT2D eigenvalue weighted by Gasteiger charge is 2.27. The van der Waals surface area contributed by atoms with Crippen molar-refractivity contribution in [3.8, 4) is 5.75 Å². The van der Waals surface area contributed by atoms with Crippen molar-refractivity contribution in [2.75, 3.05) is 37.4 Å². The third kappa shape index (κ3) is 8.22. The summed E-state index contributed by atoms with van der Waals surface area (Å²) < 4.78 is 6.99. The van der Waals surface area contributed by atoms with Crippen LogP contribution in [0.5, 0.6) is 5.75 Å². The molecule has 0 aliphatic heterocycles. The highest BCUT2D eigenvalue weighted by atomic mass is 16.5. The molecule has 0 atom stereocenters. The topological polar surface area (TPSA) is 131 Å². The van der Waals surface area contributed by atoms with Crippen LogP contribution in [0.4, 0.5) is 11.5 Å². The maximum Gasteiger partial charge on any atom is 0.330 e. The number of carbonyl (C=O) groups excluding carboxylic acids is 2.